The summed E-state index contributed by atoms with van der Waals surface area (Å²) in [5, 5.41) is 11.9. The molecule has 1 fully saturated rings. The number of furan rings is 1. The molecule has 1 aromatic heterocycles. The Balaban J connectivity index is 1.74. The van der Waals surface area contributed by atoms with Gasteiger partial charge in [0.05, 0.1) is 11.8 Å². The van der Waals surface area contributed by atoms with Gasteiger partial charge in [-0.3, -0.25) is 9.59 Å². The largest absolute Gasteiger partial charge is 0.481 e. The zero-order chi connectivity index (χ0) is 17.2. The predicted octanol–water partition coefficient (Wildman–Crippen LogP) is 3.07. The van der Waals surface area contributed by atoms with Crippen molar-refractivity contribution in [3.05, 3.63) is 59.0 Å². The minimum absolute atomic E-state index is 0.0124. The Morgan fingerprint density at radius 2 is 1.96 bits per heavy atom. The Morgan fingerprint density at radius 1 is 1.25 bits per heavy atom. The number of benzene rings is 1. The van der Waals surface area contributed by atoms with Crippen molar-refractivity contribution in [3.8, 4) is 0 Å². The number of carbonyl (C=O) groups excluding carboxylic acids is 1. The molecule has 0 radical (unpaired) electrons. The van der Waals surface area contributed by atoms with Gasteiger partial charge in [-0.05, 0) is 25.3 Å². The van der Waals surface area contributed by atoms with E-state index in [0.29, 0.717) is 17.7 Å². The van der Waals surface area contributed by atoms with Crippen LogP contribution in [0.4, 0.5) is 0 Å². The molecule has 2 N–H and O–H groups in total. The molecule has 5 heteroatoms. The summed E-state index contributed by atoms with van der Waals surface area (Å²) in [6.45, 7) is 2.30. The van der Waals surface area contributed by atoms with Gasteiger partial charge in [0.25, 0.3) is 5.91 Å². The van der Waals surface area contributed by atoms with Crippen LogP contribution in [-0.4, -0.2) is 23.5 Å². The highest BCUT2D eigenvalue weighted by molar-refractivity contribution is 5.97. The van der Waals surface area contributed by atoms with Crippen LogP contribution in [0.5, 0.6) is 0 Å². The molecule has 126 valence electrons. The van der Waals surface area contributed by atoms with Gasteiger partial charge in [-0.2, -0.15) is 0 Å². The number of amides is 1. The van der Waals surface area contributed by atoms with E-state index in [1.807, 2.05) is 18.2 Å². The van der Waals surface area contributed by atoms with Crippen molar-refractivity contribution in [2.75, 3.05) is 6.54 Å². The van der Waals surface area contributed by atoms with Crippen LogP contribution in [-0.2, 0) is 16.6 Å². The van der Waals surface area contributed by atoms with E-state index in [2.05, 4.69) is 17.4 Å². The predicted molar refractivity (Wildman–Crippen MR) is 89.1 cm³/mol. The second-order valence-corrected chi connectivity index (χ2v) is 6.47. The molecule has 1 aromatic carbocycles. The van der Waals surface area contributed by atoms with Crippen LogP contribution >= 0.6 is 0 Å². The zero-order valence-electron chi connectivity index (χ0n) is 13.7. The van der Waals surface area contributed by atoms with Gasteiger partial charge in [-0.15, -0.1) is 0 Å². The van der Waals surface area contributed by atoms with Crippen LogP contribution in [0.25, 0.3) is 0 Å². The fourth-order valence-corrected chi connectivity index (χ4v) is 3.37. The normalized spacial score (nSPS) is 15.5. The summed E-state index contributed by atoms with van der Waals surface area (Å²) < 4.78 is 5.24. The second kappa shape index (κ2) is 6.51. The van der Waals surface area contributed by atoms with Gasteiger partial charge in [-0.25, -0.2) is 0 Å². The average molecular weight is 327 g/mol. The number of carboxylic acids is 1. The zero-order valence-corrected chi connectivity index (χ0v) is 13.7. The fourth-order valence-electron chi connectivity index (χ4n) is 3.37. The molecule has 1 heterocycles. The third-order valence-corrected chi connectivity index (χ3v) is 4.87. The van der Waals surface area contributed by atoms with E-state index in [9.17, 15) is 9.59 Å². The molecular formula is C19H21NO4. The number of carboxylic acid groups (broad SMARTS) is 1. The van der Waals surface area contributed by atoms with Gasteiger partial charge < -0.3 is 14.8 Å². The summed E-state index contributed by atoms with van der Waals surface area (Å²) >= 11 is 0. The highest BCUT2D eigenvalue weighted by Crippen LogP contribution is 2.43. The Kier molecular flexibility index (Phi) is 4.42. The summed E-state index contributed by atoms with van der Waals surface area (Å²) in [6, 6.07) is 10.2. The maximum Gasteiger partial charge on any atom is 0.311 e. The molecule has 0 saturated heterocycles. The maximum atomic E-state index is 12.6. The van der Waals surface area contributed by atoms with Gasteiger partial charge in [-0.1, -0.05) is 36.8 Å². The van der Waals surface area contributed by atoms with E-state index in [4.69, 9.17) is 9.52 Å². The first-order valence-corrected chi connectivity index (χ1v) is 8.14. The summed E-state index contributed by atoms with van der Waals surface area (Å²) in [5.41, 5.74) is 2.24. The van der Waals surface area contributed by atoms with Crippen LogP contribution < -0.4 is 5.32 Å². The van der Waals surface area contributed by atoms with E-state index in [1.54, 1.807) is 6.92 Å². The van der Waals surface area contributed by atoms with Crippen molar-refractivity contribution in [3.63, 3.8) is 0 Å². The van der Waals surface area contributed by atoms with Gasteiger partial charge in [0, 0.05) is 17.5 Å². The third-order valence-electron chi connectivity index (χ3n) is 4.87. The first kappa shape index (κ1) is 16.3. The standard InChI is InChI=1S/C19H21NO4/c1-13-11-24-15(10-16(21)22)17(13)18(23)20-12-19(8-5-9-19)14-6-3-2-4-7-14/h2-4,6-7,11H,5,8-10,12H2,1H3,(H,20,23)(H,21,22). The van der Waals surface area contributed by atoms with Gasteiger partial charge >= 0.3 is 5.97 Å². The Hall–Kier alpha value is -2.56. The third kappa shape index (κ3) is 3.07. The first-order chi connectivity index (χ1) is 11.5. The number of carbonyl (C=O) groups is 2. The van der Waals surface area contributed by atoms with Gasteiger partial charge in [0.15, 0.2) is 0 Å². The van der Waals surface area contributed by atoms with Crippen molar-refractivity contribution in [2.24, 2.45) is 0 Å². The molecule has 5 nitrogen and oxygen atoms in total. The van der Waals surface area contributed by atoms with E-state index < -0.39 is 5.97 Å². The molecule has 1 aliphatic rings. The van der Waals surface area contributed by atoms with Crippen molar-refractivity contribution >= 4 is 11.9 Å². The van der Waals surface area contributed by atoms with Gasteiger partial charge in [0.2, 0.25) is 0 Å². The van der Waals surface area contributed by atoms with E-state index in [-0.39, 0.29) is 23.5 Å². The maximum absolute atomic E-state index is 12.6. The molecule has 0 aliphatic heterocycles. The molecule has 0 atom stereocenters. The molecule has 24 heavy (non-hydrogen) atoms. The number of aryl methyl sites for hydroxylation is 1. The lowest BCUT2D eigenvalue weighted by molar-refractivity contribution is -0.136. The first-order valence-electron chi connectivity index (χ1n) is 8.14. The molecule has 1 aliphatic carbocycles. The van der Waals surface area contributed by atoms with Crippen molar-refractivity contribution < 1.29 is 19.1 Å². The SMILES string of the molecule is Cc1coc(CC(=O)O)c1C(=O)NCC1(c2ccccc2)CCC1. The van der Waals surface area contributed by atoms with E-state index >= 15 is 0 Å². The van der Waals surface area contributed by atoms with Crippen LogP contribution in [0.2, 0.25) is 0 Å². The van der Waals surface area contributed by atoms with Crippen molar-refractivity contribution in [2.45, 2.75) is 38.0 Å². The average Bonchev–Trinajstić information content (AvgIpc) is 2.87. The van der Waals surface area contributed by atoms with Crippen LogP contribution in [0, 0.1) is 6.92 Å². The summed E-state index contributed by atoms with van der Waals surface area (Å²) in [6.07, 6.45) is 4.39. The Bertz CT molecular complexity index is 744. The molecular weight excluding hydrogens is 306 g/mol. The molecule has 1 saturated carbocycles. The minimum atomic E-state index is -1.02. The van der Waals surface area contributed by atoms with E-state index in [0.717, 1.165) is 19.3 Å². The van der Waals surface area contributed by atoms with Crippen LogP contribution in [0.3, 0.4) is 0 Å². The Labute approximate surface area is 140 Å². The summed E-state index contributed by atoms with van der Waals surface area (Å²) in [7, 11) is 0. The quantitative estimate of drug-likeness (QED) is 0.854. The number of rotatable bonds is 6. The molecule has 3 rings (SSSR count). The lowest BCUT2D eigenvalue weighted by Crippen LogP contribution is -2.45. The van der Waals surface area contributed by atoms with Gasteiger partial charge in [0.1, 0.15) is 12.2 Å². The fraction of sp³-hybridized carbons (Fsp3) is 0.368. The monoisotopic (exact) mass is 327 g/mol. The highest BCUT2D eigenvalue weighted by Gasteiger charge is 2.39. The Morgan fingerprint density at radius 3 is 2.54 bits per heavy atom. The highest BCUT2D eigenvalue weighted by atomic mass is 16.4. The lowest BCUT2D eigenvalue weighted by atomic mass is 9.64. The summed E-state index contributed by atoms with van der Waals surface area (Å²) in [5.74, 6) is -1.07. The van der Waals surface area contributed by atoms with Crippen molar-refractivity contribution in [1.82, 2.24) is 5.32 Å². The lowest BCUT2D eigenvalue weighted by Gasteiger charge is -2.42. The molecule has 0 bridgehead atoms. The number of hydrogen-bond acceptors (Lipinski definition) is 3. The molecule has 0 unspecified atom stereocenters. The van der Waals surface area contributed by atoms with E-state index in [1.165, 1.54) is 11.8 Å². The molecule has 1 amide bonds. The smallest absolute Gasteiger partial charge is 0.311 e. The molecule has 2 aromatic rings. The number of aliphatic carboxylic acids is 1. The molecule has 0 spiro atoms. The second-order valence-electron chi connectivity index (χ2n) is 6.47. The topological polar surface area (TPSA) is 79.5 Å². The summed E-state index contributed by atoms with van der Waals surface area (Å²) in [4.78, 5) is 23.5. The van der Waals surface area contributed by atoms with Crippen LogP contribution in [0.15, 0.2) is 41.0 Å². The van der Waals surface area contributed by atoms with Crippen LogP contribution in [0.1, 0.15) is 46.5 Å². The number of hydrogen-bond donors (Lipinski definition) is 2. The minimum Gasteiger partial charge on any atom is -0.481 e. The number of nitrogens with one attached hydrogen (secondary N) is 1. The van der Waals surface area contributed by atoms with Crippen molar-refractivity contribution in [1.29, 1.82) is 0 Å².